The molecule has 4 atom stereocenters. The zero-order valence-electron chi connectivity index (χ0n) is 5.18. The Morgan fingerprint density at radius 2 is 1.60 bits per heavy atom. The number of hydrogen-bond donors (Lipinski definition) is 3. The number of aliphatic hydroxyl groups is 3. The lowest BCUT2D eigenvalue weighted by Crippen LogP contribution is -2.43. The summed E-state index contributed by atoms with van der Waals surface area (Å²) in [6.07, 6.45) is 0.136. The van der Waals surface area contributed by atoms with Crippen molar-refractivity contribution >= 4 is 15.9 Å². The summed E-state index contributed by atoms with van der Waals surface area (Å²) in [6, 6.07) is 0. The lowest BCUT2D eigenvalue weighted by atomic mass is 9.99. The van der Waals surface area contributed by atoms with E-state index >= 15 is 0 Å². The predicted molar refractivity (Wildman–Crippen MR) is 39.9 cm³/mol. The van der Waals surface area contributed by atoms with E-state index in [-0.39, 0.29) is 4.83 Å². The first-order valence-corrected chi connectivity index (χ1v) is 3.91. The van der Waals surface area contributed by atoms with E-state index in [9.17, 15) is 0 Å². The van der Waals surface area contributed by atoms with Crippen LogP contribution in [0.1, 0.15) is 0 Å². The maximum absolute atomic E-state index is 9.11. The largest absolute Gasteiger partial charge is 0.389 e. The molecule has 0 aliphatic heterocycles. The molecule has 1 aliphatic rings. The summed E-state index contributed by atoms with van der Waals surface area (Å²) in [5.41, 5.74) is 0. The van der Waals surface area contributed by atoms with E-state index in [1.807, 2.05) is 0 Å². The number of aliphatic hydroxyl groups excluding tert-OH is 3. The molecule has 0 saturated heterocycles. The Morgan fingerprint density at radius 1 is 1.00 bits per heavy atom. The van der Waals surface area contributed by atoms with Crippen molar-refractivity contribution < 1.29 is 15.3 Å². The Bertz CT molecular complexity index is 132. The second-order valence-corrected chi connectivity index (χ2v) is 3.36. The van der Waals surface area contributed by atoms with Gasteiger partial charge in [0.25, 0.3) is 0 Å². The molecule has 0 heterocycles. The molecule has 0 aromatic carbocycles. The molecule has 1 aliphatic carbocycles. The highest BCUT2D eigenvalue weighted by Gasteiger charge is 2.30. The van der Waals surface area contributed by atoms with Crippen LogP contribution in [0, 0.1) is 0 Å². The first kappa shape index (κ1) is 8.20. The van der Waals surface area contributed by atoms with Gasteiger partial charge in [0.1, 0.15) is 12.2 Å². The Hall–Kier alpha value is 0.100. The Balaban J connectivity index is 2.69. The van der Waals surface area contributed by atoms with Gasteiger partial charge in [-0.05, 0) is 0 Å². The van der Waals surface area contributed by atoms with Gasteiger partial charge >= 0.3 is 0 Å². The average Bonchev–Trinajstić information content (AvgIpc) is 1.93. The molecule has 1 rings (SSSR count). The van der Waals surface area contributed by atoms with E-state index < -0.39 is 18.3 Å². The molecule has 4 heteroatoms. The molecular formula is C6H9BrO3. The van der Waals surface area contributed by atoms with Gasteiger partial charge in [0.15, 0.2) is 0 Å². The highest BCUT2D eigenvalue weighted by molar-refractivity contribution is 9.09. The zero-order valence-corrected chi connectivity index (χ0v) is 6.77. The van der Waals surface area contributed by atoms with E-state index in [2.05, 4.69) is 15.9 Å². The smallest absolute Gasteiger partial charge is 0.111 e. The molecule has 0 bridgehead atoms. The van der Waals surface area contributed by atoms with Gasteiger partial charge in [0, 0.05) is 0 Å². The molecule has 0 unspecified atom stereocenters. The Labute approximate surface area is 67.1 Å². The van der Waals surface area contributed by atoms with Crippen LogP contribution in [0.15, 0.2) is 12.2 Å². The highest BCUT2D eigenvalue weighted by atomic mass is 79.9. The molecule has 0 spiro atoms. The van der Waals surface area contributed by atoms with Crippen LogP contribution in [0.4, 0.5) is 0 Å². The van der Waals surface area contributed by atoms with Crippen molar-refractivity contribution in [1.82, 2.24) is 0 Å². The standard InChI is InChI=1S/C6H9BrO3/c7-3-1-2-4(8)6(10)5(3)9/h1-6,8-10H/t3-,4-,5+,6-/m1/s1. The monoisotopic (exact) mass is 208 g/mol. The van der Waals surface area contributed by atoms with Gasteiger partial charge in [-0.25, -0.2) is 0 Å². The van der Waals surface area contributed by atoms with Crippen LogP contribution in [0.2, 0.25) is 0 Å². The number of hydrogen-bond acceptors (Lipinski definition) is 3. The number of rotatable bonds is 0. The lowest BCUT2D eigenvalue weighted by molar-refractivity contribution is -0.0422. The molecule has 0 radical (unpaired) electrons. The van der Waals surface area contributed by atoms with Crippen LogP contribution < -0.4 is 0 Å². The van der Waals surface area contributed by atoms with Gasteiger partial charge in [-0.15, -0.1) is 0 Å². The van der Waals surface area contributed by atoms with Crippen LogP contribution in [0.3, 0.4) is 0 Å². The minimum Gasteiger partial charge on any atom is -0.389 e. The summed E-state index contributed by atoms with van der Waals surface area (Å²) >= 11 is 3.11. The van der Waals surface area contributed by atoms with E-state index in [0.29, 0.717) is 0 Å². The van der Waals surface area contributed by atoms with E-state index in [4.69, 9.17) is 15.3 Å². The predicted octanol–water partition coefficient (Wildman–Crippen LogP) is -0.598. The summed E-state index contributed by atoms with van der Waals surface area (Å²) in [5, 5.41) is 27.1. The second kappa shape index (κ2) is 3.00. The third kappa shape index (κ3) is 1.40. The van der Waals surface area contributed by atoms with Crippen LogP contribution in [-0.2, 0) is 0 Å². The molecule has 3 N–H and O–H groups in total. The molecule has 3 nitrogen and oxygen atoms in total. The molecular weight excluding hydrogens is 200 g/mol. The van der Waals surface area contributed by atoms with Crippen LogP contribution in [0.25, 0.3) is 0 Å². The summed E-state index contributed by atoms with van der Waals surface area (Å²) in [5.74, 6) is 0. The molecule has 0 aromatic heterocycles. The van der Waals surface area contributed by atoms with E-state index in [0.717, 1.165) is 0 Å². The van der Waals surface area contributed by atoms with Crippen molar-refractivity contribution in [3.63, 3.8) is 0 Å². The summed E-state index contributed by atoms with van der Waals surface area (Å²) in [4.78, 5) is -0.258. The fraction of sp³-hybridized carbons (Fsp3) is 0.667. The van der Waals surface area contributed by atoms with Crippen molar-refractivity contribution in [2.75, 3.05) is 0 Å². The quantitative estimate of drug-likeness (QED) is 0.369. The summed E-state index contributed by atoms with van der Waals surface area (Å²) in [7, 11) is 0. The lowest BCUT2D eigenvalue weighted by Gasteiger charge is -2.27. The summed E-state index contributed by atoms with van der Waals surface area (Å²) < 4.78 is 0. The van der Waals surface area contributed by atoms with Crippen LogP contribution in [-0.4, -0.2) is 38.5 Å². The van der Waals surface area contributed by atoms with Gasteiger partial charge in [-0.1, -0.05) is 28.1 Å². The van der Waals surface area contributed by atoms with Gasteiger partial charge in [0.05, 0.1) is 10.9 Å². The van der Waals surface area contributed by atoms with Crippen molar-refractivity contribution in [1.29, 1.82) is 0 Å². The number of alkyl halides is 1. The molecule has 0 saturated carbocycles. The number of halogens is 1. The average molecular weight is 209 g/mol. The zero-order chi connectivity index (χ0) is 7.72. The third-order valence-electron chi connectivity index (χ3n) is 1.52. The van der Waals surface area contributed by atoms with Crippen molar-refractivity contribution in [2.45, 2.75) is 23.1 Å². The second-order valence-electron chi connectivity index (χ2n) is 2.30. The van der Waals surface area contributed by atoms with Crippen molar-refractivity contribution in [3.05, 3.63) is 12.2 Å². The maximum atomic E-state index is 9.11. The van der Waals surface area contributed by atoms with E-state index in [1.165, 1.54) is 6.08 Å². The fourth-order valence-corrected chi connectivity index (χ4v) is 1.33. The normalized spacial score (nSPS) is 47.6. The minimum absolute atomic E-state index is 0.258. The molecule has 0 aromatic rings. The van der Waals surface area contributed by atoms with Gasteiger partial charge in [-0.2, -0.15) is 0 Å². The molecule has 58 valence electrons. The van der Waals surface area contributed by atoms with Gasteiger partial charge in [0.2, 0.25) is 0 Å². The SMILES string of the molecule is O[C@@H]1[C@H](O)[C@H](O)C=C[C@H]1Br. The topological polar surface area (TPSA) is 60.7 Å². The first-order chi connectivity index (χ1) is 4.63. The van der Waals surface area contributed by atoms with Crippen LogP contribution in [0.5, 0.6) is 0 Å². The van der Waals surface area contributed by atoms with E-state index in [1.54, 1.807) is 6.08 Å². The van der Waals surface area contributed by atoms with Crippen molar-refractivity contribution in [2.24, 2.45) is 0 Å². The highest BCUT2D eigenvalue weighted by Crippen LogP contribution is 2.19. The van der Waals surface area contributed by atoms with Gasteiger partial charge < -0.3 is 15.3 Å². The Kier molecular flexibility index (Phi) is 2.46. The van der Waals surface area contributed by atoms with Crippen LogP contribution >= 0.6 is 15.9 Å². The molecule has 0 fully saturated rings. The third-order valence-corrected chi connectivity index (χ3v) is 2.37. The van der Waals surface area contributed by atoms with Gasteiger partial charge in [-0.3, -0.25) is 0 Å². The first-order valence-electron chi connectivity index (χ1n) is 2.99. The summed E-state index contributed by atoms with van der Waals surface area (Å²) in [6.45, 7) is 0. The minimum atomic E-state index is -1.07. The maximum Gasteiger partial charge on any atom is 0.111 e. The van der Waals surface area contributed by atoms with Crippen molar-refractivity contribution in [3.8, 4) is 0 Å². The molecule has 10 heavy (non-hydrogen) atoms. The Morgan fingerprint density at radius 3 is 2.10 bits per heavy atom. The fourth-order valence-electron chi connectivity index (χ4n) is 0.838. The molecule has 0 amide bonds.